The van der Waals surface area contributed by atoms with Crippen molar-refractivity contribution >= 4 is 11.7 Å². The second-order valence-electron chi connectivity index (χ2n) is 6.48. The number of piperidine rings is 1. The van der Waals surface area contributed by atoms with Crippen LogP contribution in [0.1, 0.15) is 35.8 Å². The van der Waals surface area contributed by atoms with Crippen molar-refractivity contribution in [3.8, 4) is 0 Å². The van der Waals surface area contributed by atoms with Crippen LogP contribution in [0.3, 0.4) is 0 Å². The molecule has 0 aromatic carbocycles. The van der Waals surface area contributed by atoms with Crippen molar-refractivity contribution in [2.45, 2.75) is 32.3 Å². The maximum atomic E-state index is 11.5. The Morgan fingerprint density at radius 1 is 1.32 bits per heavy atom. The summed E-state index contributed by atoms with van der Waals surface area (Å²) < 4.78 is 6.12. The lowest BCUT2D eigenvalue weighted by atomic mass is 9.89. The predicted octanol–water partition coefficient (Wildman–Crippen LogP) is 1.29. The van der Waals surface area contributed by atoms with Gasteiger partial charge in [-0.2, -0.15) is 0 Å². The summed E-state index contributed by atoms with van der Waals surface area (Å²) in [5, 5.41) is 0. The number of ketones is 1. The van der Waals surface area contributed by atoms with Gasteiger partial charge in [-0.15, -0.1) is 0 Å². The zero-order valence-corrected chi connectivity index (χ0v) is 13.6. The largest absolute Gasteiger partial charge is 0.371 e. The fourth-order valence-corrected chi connectivity index (χ4v) is 3.30. The van der Waals surface area contributed by atoms with Gasteiger partial charge in [0.2, 0.25) is 5.95 Å². The number of anilines is 1. The minimum absolute atomic E-state index is 0.0119. The van der Waals surface area contributed by atoms with E-state index in [2.05, 4.69) is 26.8 Å². The minimum atomic E-state index is -0.0682. The molecule has 0 N–H and O–H groups in total. The molecular formula is C16H24N4O2. The normalized spacial score (nSPS) is 22.0. The number of rotatable bonds is 2. The molecule has 22 heavy (non-hydrogen) atoms. The van der Waals surface area contributed by atoms with Gasteiger partial charge < -0.3 is 14.5 Å². The first-order valence-corrected chi connectivity index (χ1v) is 7.91. The van der Waals surface area contributed by atoms with E-state index in [1.807, 2.05) is 6.92 Å². The van der Waals surface area contributed by atoms with E-state index < -0.39 is 0 Å². The van der Waals surface area contributed by atoms with Crippen molar-refractivity contribution < 1.29 is 9.53 Å². The lowest BCUT2D eigenvalue weighted by Crippen LogP contribution is -2.56. The van der Waals surface area contributed by atoms with Crippen LogP contribution < -0.4 is 4.90 Å². The second-order valence-corrected chi connectivity index (χ2v) is 6.48. The number of hydrogen-bond donors (Lipinski definition) is 0. The van der Waals surface area contributed by atoms with Crippen LogP contribution in [0.15, 0.2) is 6.20 Å². The predicted molar refractivity (Wildman–Crippen MR) is 84.4 cm³/mol. The number of hydrogen-bond acceptors (Lipinski definition) is 6. The molecule has 0 atom stereocenters. The molecule has 6 nitrogen and oxygen atoms in total. The van der Waals surface area contributed by atoms with Crippen LogP contribution in [0.5, 0.6) is 0 Å². The van der Waals surface area contributed by atoms with E-state index in [-0.39, 0.29) is 11.4 Å². The molecule has 1 aromatic heterocycles. The molecule has 0 saturated carbocycles. The van der Waals surface area contributed by atoms with E-state index in [9.17, 15) is 4.79 Å². The summed E-state index contributed by atoms with van der Waals surface area (Å²) in [5.41, 5.74) is 1.29. The summed E-state index contributed by atoms with van der Waals surface area (Å²) in [4.78, 5) is 25.0. The Hall–Kier alpha value is -1.53. The number of aromatic nitrogens is 2. The first-order chi connectivity index (χ1) is 10.5. The SMILES string of the molecule is CC(=O)c1cnc(N2CCOC3(CCN(C)CC3)C2)nc1C. The highest BCUT2D eigenvalue weighted by Crippen LogP contribution is 2.31. The van der Waals surface area contributed by atoms with E-state index in [0.29, 0.717) is 18.1 Å². The number of carbonyl (C=O) groups excluding carboxylic acids is 1. The number of likely N-dealkylation sites (tertiary alicyclic amines) is 1. The molecule has 1 spiro atoms. The topological polar surface area (TPSA) is 58.6 Å². The highest BCUT2D eigenvalue weighted by molar-refractivity contribution is 5.94. The Labute approximate surface area is 131 Å². The third-order valence-corrected chi connectivity index (χ3v) is 4.78. The molecule has 2 saturated heterocycles. The van der Waals surface area contributed by atoms with Crippen LogP contribution in [0.25, 0.3) is 0 Å². The van der Waals surface area contributed by atoms with E-state index in [4.69, 9.17) is 4.74 Å². The summed E-state index contributed by atoms with van der Waals surface area (Å²) in [5.74, 6) is 0.724. The van der Waals surface area contributed by atoms with Crippen molar-refractivity contribution in [3.05, 3.63) is 17.5 Å². The molecule has 1 aromatic rings. The lowest BCUT2D eigenvalue weighted by molar-refractivity contribution is -0.0886. The first kappa shape index (κ1) is 15.4. The van der Waals surface area contributed by atoms with Gasteiger partial charge in [0.15, 0.2) is 5.78 Å². The standard InChI is InChI=1S/C16H24N4O2/c1-12-14(13(2)21)10-17-15(18-12)20-8-9-22-16(11-20)4-6-19(3)7-5-16/h10H,4-9,11H2,1-3H3. The highest BCUT2D eigenvalue weighted by atomic mass is 16.5. The molecule has 6 heteroatoms. The fraction of sp³-hybridized carbons (Fsp3) is 0.688. The van der Waals surface area contributed by atoms with Gasteiger partial charge in [0.1, 0.15) is 0 Å². The van der Waals surface area contributed by atoms with Gasteiger partial charge in [0.05, 0.1) is 30.0 Å². The summed E-state index contributed by atoms with van der Waals surface area (Å²) in [7, 11) is 2.15. The number of carbonyl (C=O) groups is 1. The zero-order chi connectivity index (χ0) is 15.7. The molecule has 0 unspecified atom stereocenters. The Morgan fingerprint density at radius 2 is 2.05 bits per heavy atom. The van der Waals surface area contributed by atoms with Crippen LogP contribution in [-0.4, -0.2) is 66.1 Å². The monoisotopic (exact) mass is 304 g/mol. The Morgan fingerprint density at radius 3 is 2.68 bits per heavy atom. The first-order valence-electron chi connectivity index (χ1n) is 7.91. The molecule has 120 valence electrons. The average Bonchev–Trinajstić information content (AvgIpc) is 2.50. The Balaban J connectivity index is 1.77. The van der Waals surface area contributed by atoms with Crippen LogP contribution >= 0.6 is 0 Å². The van der Waals surface area contributed by atoms with Crippen molar-refractivity contribution in [2.75, 3.05) is 44.7 Å². The van der Waals surface area contributed by atoms with E-state index >= 15 is 0 Å². The maximum Gasteiger partial charge on any atom is 0.225 e. The summed E-state index contributed by atoms with van der Waals surface area (Å²) in [6, 6.07) is 0. The van der Waals surface area contributed by atoms with Gasteiger partial charge in [0, 0.05) is 25.8 Å². The van der Waals surface area contributed by atoms with Crippen LogP contribution in [0.4, 0.5) is 5.95 Å². The highest BCUT2D eigenvalue weighted by Gasteiger charge is 2.39. The molecule has 0 amide bonds. The number of ether oxygens (including phenoxy) is 1. The molecule has 3 rings (SSSR count). The number of nitrogens with zero attached hydrogens (tertiary/aromatic N) is 4. The summed E-state index contributed by atoms with van der Waals surface area (Å²) in [6.07, 6.45) is 3.74. The van der Waals surface area contributed by atoms with Crippen molar-refractivity contribution in [1.29, 1.82) is 0 Å². The van der Waals surface area contributed by atoms with E-state index in [1.54, 1.807) is 13.1 Å². The quantitative estimate of drug-likeness (QED) is 0.767. The zero-order valence-electron chi connectivity index (χ0n) is 13.6. The van der Waals surface area contributed by atoms with Gasteiger partial charge in [-0.3, -0.25) is 4.79 Å². The van der Waals surface area contributed by atoms with Crippen LogP contribution in [-0.2, 0) is 4.74 Å². The second kappa shape index (κ2) is 5.93. The molecule has 2 fully saturated rings. The van der Waals surface area contributed by atoms with Crippen LogP contribution in [0.2, 0.25) is 0 Å². The van der Waals surface area contributed by atoms with Crippen molar-refractivity contribution in [2.24, 2.45) is 0 Å². The smallest absolute Gasteiger partial charge is 0.225 e. The van der Waals surface area contributed by atoms with Gasteiger partial charge in [-0.05, 0) is 33.7 Å². The molecular weight excluding hydrogens is 280 g/mol. The third kappa shape index (κ3) is 2.98. The van der Waals surface area contributed by atoms with Gasteiger partial charge >= 0.3 is 0 Å². The number of Topliss-reactive ketones (excluding diaryl/α,β-unsaturated/α-hetero) is 1. The van der Waals surface area contributed by atoms with Gasteiger partial charge in [-0.1, -0.05) is 0 Å². The molecule has 0 radical (unpaired) electrons. The third-order valence-electron chi connectivity index (χ3n) is 4.78. The fourth-order valence-electron chi connectivity index (χ4n) is 3.30. The van der Waals surface area contributed by atoms with Gasteiger partial charge in [0.25, 0.3) is 0 Å². The molecule has 0 aliphatic carbocycles. The maximum absolute atomic E-state index is 11.5. The summed E-state index contributed by atoms with van der Waals surface area (Å²) >= 11 is 0. The molecule has 2 aliphatic heterocycles. The minimum Gasteiger partial charge on any atom is -0.371 e. The van der Waals surface area contributed by atoms with Crippen LogP contribution in [0, 0.1) is 6.92 Å². The van der Waals surface area contributed by atoms with Crippen molar-refractivity contribution in [1.82, 2.24) is 14.9 Å². The molecule has 3 heterocycles. The van der Waals surface area contributed by atoms with Crippen molar-refractivity contribution in [3.63, 3.8) is 0 Å². The van der Waals surface area contributed by atoms with E-state index in [0.717, 1.165) is 44.7 Å². The summed E-state index contributed by atoms with van der Waals surface area (Å²) in [6.45, 7) is 7.89. The van der Waals surface area contributed by atoms with E-state index in [1.165, 1.54) is 0 Å². The molecule has 2 aliphatic rings. The Kier molecular flexibility index (Phi) is 4.14. The number of aryl methyl sites for hydroxylation is 1. The molecule has 0 bridgehead atoms. The Bertz CT molecular complexity index is 567. The number of morpholine rings is 1. The van der Waals surface area contributed by atoms with Gasteiger partial charge in [-0.25, -0.2) is 9.97 Å². The lowest BCUT2D eigenvalue weighted by Gasteiger charge is -2.46. The average molecular weight is 304 g/mol.